The summed E-state index contributed by atoms with van der Waals surface area (Å²) in [6.45, 7) is 1.03. The second kappa shape index (κ2) is 7.28. The number of aliphatic carboxylic acids is 1. The van der Waals surface area contributed by atoms with Crippen LogP contribution in [0.15, 0.2) is 0 Å². The number of nitrogens with two attached hydrogens (primary N) is 1. The Morgan fingerprint density at radius 3 is 2.71 bits per heavy atom. The molecule has 0 aliphatic heterocycles. The second-order valence-electron chi connectivity index (χ2n) is 2.85. The van der Waals surface area contributed by atoms with E-state index in [9.17, 15) is 9.59 Å². The van der Waals surface area contributed by atoms with Gasteiger partial charge in [-0.1, -0.05) is 0 Å². The minimum Gasteiger partial charge on any atom is -0.480 e. The number of ether oxygens (including phenoxy) is 1. The molecule has 1 unspecified atom stereocenters. The molecule has 0 radical (unpaired) electrons. The summed E-state index contributed by atoms with van der Waals surface area (Å²) in [6, 6.07) is -1.13. The molecule has 0 saturated heterocycles. The third-order valence-corrected chi connectivity index (χ3v) is 1.57. The molecule has 0 fully saturated rings. The quantitative estimate of drug-likeness (QED) is 0.459. The zero-order valence-corrected chi connectivity index (χ0v) is 8.16. The number of methoxy groups -OCH3 is 1. The van der Waals surface area contributed by atoms with E-state index in [1.165, 1.54) is 0 Å². The van der Waals surface area contributed by atoms with E-state index in [2.05, 4.69) is 5.32 Å². The van der Waals surface area contributed by atoms with Crippen LogP contribution in [0.25, 0.3) is 0 Å². The Morgan fingerprint density at radius 2 is 2.21 bits per heavy atom. The van der Waals surface area contributed by atoms with Crippen LogP contribution in [0.3, 0.4) is 0 Å². The van der Waals surface area contributed by atoms with Crippen molar-refractivity contribution in [1.82, 2.24) is 5.32 Å². The number of carbonyl (C=O) groups is 2. The molecule has 14 heavy (non-hydrogen) atoms. The highest BCUT2D eigenvalue weighted by atomic mass is 16.5. The summed E-state index contributed by atoms with van der Waals surface area (Å²) in [6.07, 6.45) is 0.507. The minimum atomic E-state index is -1.17. The average Bonchev–Trinajstić information content (AvgIpc) is 2.12. The van der Waals surface area contributed by atoms with Crippen LogP contribution in [-0.2, 0) is 14.3 Å². The van der Waals surface area contributed by atoms with Crippen molar-refractivity contribution >= 4 is 11.9 Å². The molecule has 0 aromatic rings. The summed E-state index contributed by atoms with van der Waals surface area (Å²) >= 11 is 0. The first-order valence-electron chi connectivity index (χ1n) is 4.32. The number of carboxylic acids is 1. The van der Waals surface area contributed by atoms with Gasteiger partial charge in [0.15, 0.2) is 0 Å². The zero-order chi connectivity index (χ0) is 11.0. The van der Waals surface area contributed by atoms with Crippen molar-refractivity contribution in [2.75, 3.05) is 20.3 Å². The van der Waals surface area contributed by atoms with Gasteiger partial charge in [-0.25, -0.2) is 0 Å². The molecule has 0 aliphatic carbocycles. The fraction of sp³-hybridized carbons (Fsp3) is 0.750. The Balaban J connectivity index is 3.50. The van der Waals surface area contributed by atoms with E-state index in [0.29, 0.717) is 19.6 Å². The maximum Gasteiger partial charge on any atom is 0.321 e. The first-order valence-corrected chi connectivity index (χ1v) is 4.32. The molecule has 0 aromatic heterocycles. The molecule has 0 bridgehead atoms. The summed E-state index contributed by atoms with van der Waals surface area (Å²) in [5.74, 6) is -1.52. The van der Waals surface area contributed by atoms with Crippen LogP contribution in [0.1, 0.15) is 12.8 Å². The van der Waals surface area contributed by atoms with Crippen LogP contribution in [0.5, 0.6) is 0 Å². The van der Waals surface area contributed by atoms with Crippen LogP contribution in [0.4, 0.5) is 0 Å². The van der Waals surface area contributed by atoms with Crippen molar-refractivity contribution in [3.63, 3.8) is 0 Å². The third kappa shape index (κ3) is 6.38. The first kappa shape index (κ1) is 12.9. The summed E-state index contributed by atoms with van der Waals surface area (Å²) < 4.78 is 4.77. The Morgan fingerprint density at radius 1 is 1.57 bits per heavy atom. The van der Waals surface area contributed by atoms with E-state index >= 15 is 0 Å². The molecule has 0 aliphatic rings. The number of amides is 1. The predicted molar refractivity (Wildman–Crippen MR) is 49.7 cm³/mol. The van der Waals surface area contributed by atoms with Crippen molar-refractivity contribution < 1.29 is 19.4 Å². The maximum absolute atomic E-state index is 11.0. The van der Waals surface area contributed by atoms with E-state index in [-0.39, 0.29) is 12.3 Å². The van der Waals surface area contributed by atoms with Crippen molar-refractivity contribution in [1.29, 1.82) is 0 Å². The molecular formula is C8H16N2O4. The summed E-state index contributed by atoms with van der Waals surface area (Å²) in [5, 5.41) is 11.0. The molecule has 0 spiro atoms. The van der Waals surface area contributed by atoms with Crippen molar-refractivity contribution in [3.05, 3.63) is 0 Å². The monoisotopic (exact) mass is 204 g/mol. The lowest BCUT2D eigenvalue weighted by atomic mass is 10.2. The molecule has 0 heterocycles. The van der Waals surface area contributed by atoms with Gasteiger partial charge in [0, 0.05) is 20.3 Å². The van der Waals surface area contributed by atoms with Crippen LogP contribution < -0.4 is 11.1 Å². The van der Waals surface area contributed by atoms with Gasteiger partial charge in [0.2, 0.25) is 5.91 Å². The van der Waals surface area contributed by atoms with Gasteiger partial charge >= 0.3 is 5.97 Å². The van der Waals surface area contributed by atoms with Gasteiger partial charge < -0.3 is 20.9 Å². The Kier molecular flexibility index (Phi) is 6.69. The number of carbonyl (C=O) groups excluding carboxylic acids is 1. The van der Waals surface area contributed by atoms with E-state index in [4.69, 9.17) is 15.6 Å². The van der Waals surface area contributed by atoms with Crippen LogP contribution >= 0.6 is 0 Å². The number of carboxylic acid groups (broad SMARTS) is 1. The Bertz CT molecular complexity index is 196. The van der Waals surface area contributed by atoms with Gasteiger partial charge in [-0.2, -0.15) is 0 Å². The molecule has 1 atom stereocenters. The molecule has 0 saturated carbocycles. The first-order chi connectivity index (χ1) is 6.57. The fourth-order valence-corrected chi connectivity index (χ4v) is 0.804. The van der Waals surface area contributed by atoms with E-state index < -0.39 is 12.0 Å². The number of nitrogens with one attached hydrogen (secondary N) is 1. The van der Waals surface area contributed by atoms with E-state index in [1.54, 1.807) is 7.11 Å². The maximum atomic E-state index is 11.0. The SMILES string of the molecule is COCCCNC(=O)CC(N)C(=O)O. The number of rotatable bonds is 7. The summed E-state index contributed by atoms with van der Waals surface area (Å²) in [7, 11) is 1.57. The lowest BCUT2D eigenvalue weighted by Crippen LogP contribution is -2.37. The van der Waals surface area contributed by atoms with Gasteiger partial charge in [0.05, 0.1) is 6.42 Å². The van der Waals surface area contributed by atoms with Crippen LogP contribution in [0, 0.1) is 0 Å². The molecule has 4 N–H and O–H groups in total. The Labute approximate surface area is 82.4 Å². The standard InChI is InChI=1S/C8H16N2O4/c1-14-4-2-3-10-7(11)5-6(9)8(12)13/h6H,2-5,9H2,1H3,(H,10,11)(H,12,13). The second-order valence-corrected chi connectivity index (χ2v) is 2.85. The molecule has 82 valence electrons. The highest BCUT2D eigenvalue weighted by Crippen LogP contribution is 1.88. The molecule has 6 heteroatoms. The fourth-order valence-electron chi connectivity index (χ4n) is 0.804. The van der Waals surface area contributed by atoms with Gasteiger partial charge in [-0.15, -0.1) is 0 Å². The predicted octanol–water partition coefficient (Wildman–Crippen LogP) is -1.06. The molecule has 0 aromatic carbocycles. The van der Waals surface area contributed by atoms with Crippen LogP contribution in [0.2, 0.25) is 0 Å². The van der Waals surface area contributed by atoms with Crippen molar-refractivity contribution in [3.8, 4) is 0 Å². The largest absolute Gasteiger partial charge is 0.480 e. The topological polar surface area (TPSA) is 102 Å². The van der Waals surface area contributed by atoms with Gasteiger partial charge in [0.1, 0.15) is 6.04 Å². The average molecular weight is 204 g/mol. The summed E-state index contributed by atoms with van der Waals surface area (Å²) in [5.41, 5.74) is 5.16. The lowest BCUT2D eigenvalue weighted by molar-refractivity contribution is -0.140. The zero-order valence-electron chi connectivity index (χ0n) is 8.16. The third-order valence-electron chi connectivity index (χ3n) is 1.57. The molecular weight excluding hydrogens is 188 g/mol. The van der Waals surface area contributed by atoms with E-state index in [0.717, 1.165) is 0 Å². The normalized spacial score (nSPS) is 12.1. The highest BCUT2D eigenvalue weighted by Gasteiger charge is 2.15. The minimum absolute atomic E-state index is 0.192. The smallest absolute Gasteiger partial charge is 0.321 e. The van der Waals surface area contributed by atoms with Gasteiger partial charge in [-0.3, -0.25) is 9.59 Å². The summed E-state index contributed by atoms with van der Waals surface area (Å²) in [4.78, 5) is 21.3. The van der Waals surface area contributed by atoms with Crippen molar-refractivity contribution in [2.24, 2.45) is 5.73 Å². The highest BCUT2D eigenvalue weighted by molar-refractivity contribution is 5.84. The molecule has 0 rings (SSSR count). The lowest BCUT2D eigenvalue weighted by Gasteiger charge is -2.07. The molecule has 6 nitrogen and oxygen atoms in total. The van der Waals surface area contributed by atoms with Crippen molar-refractivity contribution in [2.45, 2.75) is 18.9 Å². The van der Waals surface area contributed by atoms with Gasteiger partial charge in [-0.05, 0) is 6.42 Å². The van der Waals surface area contributed by atoms with Crippen LogP contribution in [-0.4, -0.2) is 43.3 Å². The Hall–Kier alpha value is -1.14. The number of hydrogen-bond donors (Lipinski definition) is 3. The van der Waals surface area contributed by atoms with E-state index in [1.807, 2.05) is 0 Å². The van der Waals surface area contributed by atoms with Gasteiger partial charge in [0.25, 0.3) is 0 Å². The molecule has 1 amide bonds. The number of hydrogen-bond acceptors (Lipinski definition) is 4.